The van der Waals surface area contributed by atoms with Crippen molar-refractivity contribution in [3.8, 4) is 0 Å². The number of nitrogens with one attached hydrogen (secondary N) is 1. The van der Waals surface area contributed by atoms with Gasteiger partial charge in [-0.05, 0) is 30.5 Å². The Morgan fingerprint density at radius 2 is 2.24 bits per heavy atom. The zero-order valence-electron chi connectivity index (χ0n) is 11.8. The largest absolute Gasteiger partial charge is 0.272 e. The van der Waals surface area contributed by atoms with Gasteiger partial charge in [0, 0.05) is 31.7 Å². The number of pyridine rings is 1. The Morgan fingerprint density at radius 1 is 1.48 bits per heavy atom. The number of halogens is 1. The Kier molecular flexibility index (Phi) is 4.97. The molecule has 0 spiro atoms. The summed E-state index contributed by atoms with van der Waals surface area (Å²) in [7, 11) is -3.57. The standard InChI is InChI=1S/C13H17ClN4O2S/c1-10(9-18-5-3-4-16-18)7-17-21(19,20)12-6-11(2)13(14)15-8-12/h3-6,8,10,17H,7,9H2,1-2H3/t10-/m1/s1. The fourth-order valence-electron chi connectivity index (χ4n) is 1.81. The molecule has 0 saturated heterocycles. The zero-order valence-corrected chi connectivity index (χ0v) is 13.4. The summed E-state index contributed by atoms with van der Waals surface area (Å²) in [5.74, 6) is 0.112. The molecular formula is C13H17ClN4O2S. The molecule has 2 aromatic rings. The second-order valence-corrected chi connectivity index (χ2v) is 7.09. The lowest BCUT2D eigenvalue weighted by molar-refractivity contribution is 0.443. The molecule has 0 fully saturated rings. The maximum Gasteiger partial charge on any atom is 0.242 e. The minimum absolute atomic E-state index is 0.112. The molecule has 6 nitrogen and oxygen atoms in total. The van der Waals surface area contributed by atoms with E-state index < -0.39 is 10.0 Å². The average molecular weight is 329 g/mol. The summed E-state index contributed by atoms with van der Waals surface area (Å²) in [5.41, 5.74) is 0.629. The Bertz CT molecular complexity index is 701. The molecule has 1 N–H and O–H groups in total. The van der Waals surface area contributed by atoms with Crippen LogP contribution in [-0.2, 0) is 16.6 Å². The summed E-state index contributed by atoms with van der Waals surface area (Å²) < 4.78 is 28.7. The van der Waals surface area contributed by atoms with E-state index in [1.807, 2.05) is 19.2 Å². The van der Waals surface area contributed by atoms with Crippen LogP contribution in [0.4, 0.5) is 0 Å². The van der Waals surface area contributed by atoms with E-state index >= 15 is 0 Å². The van der Waals surface area contributed by atoms with Crippen molar-refractivity contribution in [1.29, 1.82) is 0 Å². The van der Waals surface area contributed by atoms with Gasteiger partial charge >= 0.3 is 0 Å². The van der Waals surface area contributed by atoms with Crippen molar-refractivity contribution in [3.63, 3.8) is 0 Å². The van der Waals surface area contributed by atoms with Gasteiger partial charge < -0.3 is 0 Å². The van der Waals surface area contributed by atoms with Crippen LogP contribution >= 0.6 is 11.6 Å². The second kappa shape index (κ2) is 6.55. The molecule has 0 bridgehead atoms. The van der Waals surface area contributed by atoms with Gasteiger partial charge in [0.25, 0.3) is 0 Å². The van der Waals surface area contributed by atoms with Gasteiger partial charge in [0.1, 0.15) is 10.0 Å². The monoisotopic (exact) mass is 328 g/mol. The Labute approximate surface area is 129 Å². The average Bonchev–Trinajstić information content (AvgIpc) is 2.92. The molecule has 2 aromatic heterocycles. The lowest BCUT2D eigenvalue weighted by Crippen LogP contribution is -2.30. The van der Waals surface area contributed by atoms with Gasteiger partial charge in [-0.15, -0.1) is 0 Å². The van der Waals surface area contributed by atoms with E-state index in [0.717, 1.165) is 0 Å². The third kappa shape index (κ3) is 4.26. The number of aryl methyl sites for hydroxylation is 1. The molecule has 21 heavy (non-hydrogen) atoms. The number of sulfonamides is 1. The van der Waals surface area contributed by atoms with Crippen molar-refractivity contribution in [2.45, 2.75) is 25.3 Å². The van der Waals surface area contributed by atoms with Crippen molar-refractivity contribution < 1.29 is 8.42 Å². The number of aromatic nitrogens is 3. The van der Waals surface area contributed by atoms with Gasteiger partial charge in [-0.3, -0.25) is 4.68 Å². The molecule has 0 aliphatic rings. The van der Waals surface area contributed by atoms with Crippen LogP contribution in [-0.4, -0.2) is 29.7 Å². The molecule has 0 unspecified atom stereocenters. The van der Waals surface area contributed by atoms with Gasteiger partial charge in [-0.25, -0.2) is 18.1 Å². The van der Waals surface area contributed by atoms with Gasteiger partial charge in [0.05, 0.1) is 0 Å². The normalized spacial score (nSPS) is 13.3. The van der Waals surface area contributed by atoms with Crippen LogP contribution in [0.2, 0.25) is 5.15 Å². The molecule has 0 aliphatic heterocycles. The molecule has 2 heterocycles. The lowest BCUT2D eigenvalue weighted by atomic mass is 10.2. The van der Waals surface area contributed by atoms with Crippen LogP contribution in [0.15, 0.2) is 35.6 Å². The quantitative estimate of drug-likeness (QED) is 0.821. The number of nitrogens with zero attached hydrogens (tertiary/aromatic N) is 3. The zero-order chi connectivity index (χ0) is 15.5. The first-order valence-electron chi connectivity index (χ1n) is 6.48. The first-order valence-corrected chi connectivity index (χ1v) is 8.34. The number of hydrogen-bond donors (Lipinski definition) is 1. The highest BCUT2D eigenvalue weighted by Crippen LogP contribution is 2.16. The van der Waals surface area contributed by atoms with Crippen molar-refractivity contribution in [2.24, 2.45) is 5.92 Å². The van der Waals surface area contributed by atoms with E-state index in [9.17, 15) is 8.42 Å². The third-order valence-corrected chi connectivity index (χ3v) is 4.77. The van der Waals surface area contributed by atoms with Crippen LogP contribution in [0.25, 0.3) is 0 Å². The predicted molar refractivity (Wildman–Crippen MR) is 80.6 cm³/mol. The minimum atomic E-state index is -3.57. The van der Waals surface area contributed by atoms with Gasteiger partial charge in [-0.2, -0.15) is 5.10 Å². The molecule has 2 rings (SSSR count). The van der Waals surface area contributed by atoms with Crippen LogP contribution in [0.3, 0.4) is 0 Å². The minimum Gasteiger partial charge on any atom is -0.272 e. The van der Waals surface area contributed by atoms with E-state index in [1.165, 1.54) is 12.3 Å². The fraction of sp³-hybridized carbons (Fsp3) is 0.385. The molecule has 0 aromatic carbocycles. The molecule has 114 valence electrons. The molecule has 0 aliphatic carbocycles. The van der Waals surface area contributed by atoms with Crippen molar-refractivity contribution >= 4 is 21.6 Å². The summed E-state index contributed by atoms with van der Waals surface area (Å²) >= 11 is 5.80. The van der Waals surface area contributed by atoms with Crippen LogP contribution in [0.1, 0.15) is 12.5 Å². The topological polar surface area (TPSA) is 76.9 Å². The summed E-state index contributed by atoms with van der Waals surface area (Å²) in [5, 5.41) is 4.40. The fourth-order valence-corrected chi connectivity index (χ4v) is 3.10. The van der Waals surface area contributed by atoms with E-state index in [1.54, 1.807) is 17.8 Å². The van der Waals surface area contributed by atoms with E-state index in [-0.39, 0.29) is 10.8 Å². The first-order chi connectivity index (χ1) is 9.88. The molecule has 8 heteroatoms. The predicted octanol–water partition coefficient (Wildman–Crippen LogP) is 1.85. The molecule has 0 radical (unpaired) electrons. The highest BCUT2D eigenvalue weighted by molar-refractivity contribution is 7.89. The number of hydrogen-bond acceptors (Lipinski definition) is 4. The second-order valence-electron chi connectivity index (χ2n) is 4.96. The van der Waals surface area contributed by atoms with Crippen molar-refractivity contribution in [3.05, 3.63) is 41.4 Å². The van der Waals surface area contributed by atoms with E-state index in [0.29, 0.717) is 23.8 Å². The Morgan fingerprint density at radius 3 is 2.86 bits per heavy atom. The summed E-state index contributed by atoms with van der Waals surface area (Å²) in [6.07, 6.45) is 4.80. The van der Waals surface area contributed by atoms with Gasteiger partial charge in [-0.1, -0.05) is 18.5 Å². The van der Waals surface area contributed by atoms with E-state index in [4.69, 9.17) is 11.6 Å². The summed E-state index contributed by atoms with van der Waals surface area (Å²) in [6, 6.07) is 3.34. The van der Waals surface area contributed by atoms with Crippen molar-refractivity contribution in [1.82, 2.24) is 19.5 Å². The van der Waals surface area contributed by atoms with Crippen molar-refractivity contribution in [2.75, 3.05) is 6.54 Å². The Balaban J connectivity index is 1.99. The summed E-state index contributed by atoms with van der Waals surface area (Å²) in [4.78, 5) is 3.99. The maximum absolute atomic E-state index is 12.2. The lowest BCUT2D eigenvalue weighted by Gasteiger charge is -2.13. The molecular weight excluding hydrogens is 312 g/mol. The van der Waals surface area contributed by atoms with Crippen LogP contribution in [0, 0.1) is 12.8 Å². The molecule has 0 saturated carbocycles. The third-order valence-electron chi connectivity index (χ3n) is 2.98. The highest BCUT2D eigenvalue weighted by Gasteiger charge is 2.17. The summed E-state index contributed by atoms with van der Waals surface area (Å²) in [6.45, 7) is 4.64. The Hall–Kier alpha value is -1.44. The van der Waals surface area contributed by atoms with Gasteiger partial charge in [0.2, 0.25) is 10.0 Å². The smallest absolute Gasteiger partial charge is 0.242 e. The van der Waals surface area contributed by atoms with Crippen LogP contribution in [0.5, 0.6) is 0 Å². The van der Waals surface area contributed by atoms with Gasteiger partial charge in [0.15, 0.2) is 0 Å². The maximum atomic E-state index is 12.2. The number of rotatable bonds is 6. The van der Waals surface area contributed by atoms with Crippen LogP contribution < -0.4 is 4.72 Å². The molecule has 0 amide bonds. The van der Waals surface area contributed by atoms with E-state index in [2.05, 4.69) is 14.8 Å². The first kappa shape index (κ1) is 15.9. The SMILES string of the molecule is Cc1cc(S(=O)(=O)NC[C@@H](C)Cn2cccn2)cnc1Cl. The molecule has 1 atom stereocenters. The highest BCUT2D eigenvalue weighted by atomic mass is 35.5.